The van der Waals surface area contributed by atoms with E-state index in [1.165, 1.54) is 148 Å². The van der Waals surface area contributed by atoms with Crippen LogP contribution in [0.1, 0.15) is 245 Å². The van der Waals surface area contributed by atoms with Gasteiger partial charge in [-0.15, -0.1) is 0 Å². The summed E-state index contributed by atoms with van der Waals surface area (Å²) in [6, 6.07) is 0. The van der Waals surface area contributed by atoms with Gasteiger partial charge in [0, 0.05) is 12.8 Å². The Hall–Kier alpha value is -2.28. The maximum absolute atomic E-state index is 13.1. The van der Waals surface area contributed by atoms with Crippen molar-refractivity contribution < 1.29 is 73.8 Å². The average Bonchev–Trinajstić information content (AvgIpc) is 3.42. The molecule has 0 bridgehead atoms. The van der Waals surface area contributed by atoms with Crippen LogP contribution in [0.3, 0.4) is 0 Å². The van der Waals surface area contributed by atoms with Crippen molar-refractivity contribution in [3.05, 3.63) is 36.5 Å². The number of allylic oxidation sites excluding steroid dienone is 6. The van der Waals surface area contributed by atoms with Crippen LogP contribution in [0, 0.1) is 0 Å². The van der Waals surface area contributed by atoms with Crippen LogP contribution in [-0.2, 0) is 38.0 Å². The number of rotatable bonds is 49. The minimum Gasteiger partial charge on any atom is -0.462 e. The third-order valence-electron chi connectivity index (χ3n) is 14.6. The molecule has 0 radical (unpaired) electrons. The fourth-order valence-electron chi connectivity index (χ4n) is 9.59. The van der Waals surface area contributed by atoms with Gasteiger partial charge in [0.15, 0.2) is 18.7 Å². The van der Waals surface area contributed by atoms with Crippen molar-refractivity contribution >= 4 is 11.9 Å². The maximum Gasteiger partial charge on any atom is 0.306 e. The zero-order valence-electron chi connectivity index (χ0n) is 47.5. The molecular weight excluding hydrogens is 973 g/mol. The normalized spacial score (nSPS) is 24.5. The number of aliphatic hydroxyl groups is 7. The molecule has 0 aromatic carbocycles. The Morgan fingerprint density at radius 1 is 0.408 bits per heavy atom. The number of carbonyl (C=O) groups excluding carboxylic acids is 2. The van der Waals surface area contributed by atoms with Gasteiger partial charge < -0.3 is 64.2 Å². The molecule has 444 valence electrons. The van der Waals surface area contributed by atoms with Crippen molar-refractivity contribution in [2.45, 2.75) is 313 Å². The summed E-state index contributed by atoms with van der Waals surface area (Å²) < 4.78 is 33.7. The predicted octanol–water partition coefficient (Wildman–Crippen LogP) is 10.8. The fraction of sp³-hybridized carbons (Fsp3) is 0.869. The minimum absolute atomic E-state index is 0.106. The third-order valence-corrected chi connectivity index (χ3v) is 14.6. The van der Waals surface area contributed by atoms with E-state index in [0.717, 1.165) is 51.4 Å². The number of hydrogen-bond donors (Lipinski definition) is 7. The lowest BCUT2D eigenvalue weighted by atomic mass is 9.98. The van der Waals surface area contributed by atoms with Gasteiger partial charge in [-0.1, -0.05) is 198 Å². The molecule has 2 aliphatic rings. The van der Waals surface area contributed by atoms with E-state index in [2.05, 4.69) is 50.3 Å². The van der Waals surface area contributed by atoms with Crippen LogP contribution < -0.4 is 0 Å². The molecule has 7 N–H and O–H groups in total. The van der Waals surface area contributed by atoms with E-state index in [1.54, 1.807) is 0 Å². The highest BCUT2D eigenvalue weighted by molar-refractivity contribution is 5.70. The molecule has 4 unspecified atom stereocenters. The molecule has 0 spiro atoms. The SMILES string of the molecule is CCCCCCCC/C=C/CCCCCCCCCC(=O)OC[C@H](CO[C@H]1O[C@@H](CO[C@H]2O[C@@H](CO)[C@@H](O)C(O)C2O)[C@@H](O)C(O)C1O)OC(=O)CCC/C=C/CC/C=C/CCCCCCCCCCCCCCCC. The molecule has 0 amide bonds. The van der Waals surface area contributed by atoms with E-state index in [9.17, 15) is 45.3 Å². The van der Waals surface area contributed by atoms with Crippen LogP contribution in [0.25, 0.3) is 0 Å². The lowest BCUT2D eigenvalue weighted by Crippen LogP contribution is -2.61. The Morgan fingerprint density at radius 2 is 0.776 bits per heavy atom. The summed E-state index contributed by atoms with van der Waals surface area (Å²) in [5, 5.41) is 72.3. The summed E-state index contributed by atoms with van der Waals surface area (Å²) in [6.07, 6.45) is 37.5. The van der Waals surface area contributed by atoms with Gasteiger partial charge in [0.2, 0.25) is 0 Å². The van der Waals surface area contributed by atoms with Gasteiger partial charge in [0.25, 0.3) is 0 Å². The molecule has 0 saturated carbocycles. The predicted molar refractivity (Wildman–Crippen MR) is 298 cm³/mol. The summed E-state index contributed by atoms with van der Waals surface area (Å²) in [5.41, 5.74) is 0. The Kier molecular flexibility index (Phi) is 43.7. The summed E-state index contributed by atoms with van der Waals surface area (Å²) in [7, 11) is 0. The number of hydrogen-bond acceptors (Lipinski definition) is 15. The van der Waals surface area contributed by atoms with Crippen molar-refractivity contribution in [3.8, 4) is 0 Å². The molecule has 0 aromatic rings. The molecule has 15 heteroatoms. The van der Waals surface area contributed by atoms with E-state index in [1.807, 2.05) is 0 Å². The smallest absolute Gasteiger partial charge is 0.306 e. The summed E-state index contributed by atoms with van der Waals surface area (Å²) in [5.74, 6) is -0.971. The standard InChI is InChI=1S/C61H110O15/c1-3-5-7-9-11-13-15-17-19-21-22-23-24-25-26-28-30-32-34-36-38-40-42-44-53(64)74-49(46-71-52(63)43-41-39-37-35-33-31-29-27-20-18-16-14-12-10-8-6-4-2)47-72-60-59(70)57(68)55(66)51(76-60)48-73-61-58(69)56(67)54(65)50(45-62)75-61/h18,20,28,30,36,38,49-51,54-62,65-70H,3-17,19,21-27,29,31-35,37,39-48H2,1-2H3/b20-18+,30-28+,38-36+/t49-,50+,51+,54-,55-,56?,57?,58?,59?,60+,61+/m1/s1. The van der Waals surface area contributed by atoms with Gasteiger partial charge in [-0.3, -0.25) is 9.59 Å². The third kappa shape index (κ3) is 34.0. The Balaban J connectivity index is 1.75. The molecule has 76 heavy (non-hydrogen) atoms. The number of esters is 2. The first-order chi connectivity index (χ1) is 37.0. The summed E-state index contributed by atoms with van der Waals surface area (Å²) in [6.45, 7) is 2.59. The van der Waals surface area contributed by atoms with Gasteiger partial charge in [-0.2, -0.15) is 0 Å². The van der Waals surface area contributed by atoms with Gasteiger partial charge in [-0.25, -0.2) is 0 Å². The highest BCUT2D eigenvalue weighted by Crippen LogP contribution is 2.27. The van der Waals surface area contributed by atoms with E-state index in [-0.39, 0.29) is 19.4 Å². The van der Waals surface area contributed by atoms with Gasteiger partial charge in [-0.05, 0) is 70.6 Å². The van der Waals surface area contributed by atoms with E-state index in [0.29, 0.717) is 19.3 Å². The first-order valence-electron chi connectivity index (χ1n) is 30.6. The molecule has 2 saturated heterocycles. The maximum atomic E-state index is 13.1. The number of unbranched alkanes of at least 4 members (excludes halogenated alkanes) is 29. The van der Waals surface area contributed by atoms with Crippen LogP contribution in [0.5, 0.6) is 0 Å². The van der Waals surface area contributed by atoms with Gasteiger partial charge >= 0.3 is 11.9 Å². The highest BCUT2D eigenvalue weighted by Gasteiger charge is 2.47. The number of carbonyl (C=O) groups is 2. The van der Waals surface area contributed by atoms with Crippen LogP contribution >= 0.6 is 0 Å². The molecule has 2 fully saturated rings. The molecule has 2 heterocycles. The summed E-state index contributed by atoms with van der Waals surface area (Å²) >= 11 is 0. The van der Waals surface area contributed by atoms with Gasteiger partial charge in [0.05, 0.1) is 19.8 Å². The van der Waals surface area contributed by atoms with Crippen LogP contribution in [0.2, 0.25) is 0 Å². The zero-order valence-corrected chi connectivity index (χ0v) is 47.5. The first-order valence-corrected chi connectivity index (χ1v) is 30.6. The number of ether oxygens (including phenoxy) is 6. The van der Waals surface area contributed by atoms with Crippen LogP contribution in [0.4, 0.5) is 0 Å². The van der Waals surface area contributed by atoms with Crippen molar-refractivity contribution in [1.82, 2.24) is 0 Å². The molecule has 2 rings (SSSR count). The van der Waals surface area contributed by atoms with Crippen LogP contribution in [0.15, 0.2) is 36.5 Å². The molecule has 11 atom stereocenters. The van der Waals surface area contributed by atoms with Crippen molar-refractivity contribution in [1.29, 1.82) is 0 Å². The van der Waals surface area contributed by atoms with E-state index < -0.39 is 99.3 Å². The van der Waals surface area contributed by atoms with Crippen LogP contribution in [-0.4, -0.2) is 142 Å². The van der Waals surface area contributed by atoms with E-state index >= 15 is 0 Å². The molecule has 15 nitrogen and oxygen atoms in total. The first kappa shape index (κ1) is 69.8. The summed E-state index contributed by atoms with van der Waals surface area (Å²) in [4.78, 5) is 25.9. The molecule has 2 aliphatic heterocycles. The molecule has 0 aromatic heterocycles. The monoisotopic (exact) mass is 1080 g/mol. The zero-order chi connectivity index (χ0) is 55.3. The molecular formula is C61H110O15. The van der Waals surface area contributed by atoms with Crippen molar-refractivity contribution in [2.24, 2.45) is 0 Å². The second-order valence-corrected chi connectivity index (χ2v) is 21.5. The largest absolute Gasteiger partial charge is 0.462 e. The Bertz CT molecular complexity index is 1460. The minimum atomic E-state index is -1.77. The quantitative estimate of drug-likeness (QED) is 0.0171. The fourth-order valence-corrected chi connectivity index (χ4v) is 9.59. The van der Waals surface area contributed by atoms with Gasteiger partial charge in [0.1, 0.15) is 55.4 Å². The van der Waals surface area contributed by atoms with E-state index in [4.69, 9.17) is 28.4 Å². The topological polar surface area (TPSA) is 231 Å². The Morgan fingerprint density at radius 3 is 1.24 bits per heavy atom. The molecule has 0 aliphatic carbocycles. The average molecular weight is 1080 g/mol. The lowest BCUT2D eigenvalue weighted by molar-refractivity contribution is -0.332. The second kappa shape index (κ2) is 47.5. The second-order valence-electron chi connectivity index (χ2n) is 21.5. The lowest BCUT2D eigenvalue weighted by Gasteiger charge is -2.42. The highest BCUT2D eigenvalue weighted by atomic mass is 16.7. The van der Waals surface area contributed by atoms with Crippen molar-refractivity contribution in [3.63, 3.8) is 0 Å². The number of aliphatic hydroxyl groups excluding tert-OH is 7. The van der Waals surface area contributed by atoms with Crippen molar-refractivity contribution in [2.75, 3.05) is 26.4 Å². The Labute approximate surface area is 459 Å².